The lowest BCUT2D eigenvalue weighted by atomic mass is 9.97. The zero-order valence-electron chi connectivity index (χ0n) is 16.8. The molecule has 2 aromatic carbocycles. The van der Waals surface area contributed by atoms with Crippen molar-refractivity contribution >= 4 is 5.97 Å². The topological polar surface area (TPSA) is 58.6 Å². The van der Waals surface area contributed by atoms with Gasteiger partial charge in [0.15, 0.2) is 0 Å². The molecule has 0 spiro atoms. The van der Waals surface area contributed by atoms with E-state index in [1.165, 1.54) is 0 Å². The van der Waals surface area contributed by atoms with Crippen LogP contribution in [0.3, 0.4) is 0 Å². The van der Waals surface area contributed by atoms with E-state index >= 15 is 0 Å². The Morgan fingerprint density at radius 1 is 1.07 bits per heavy atom. The molecule has 0 amide bonds. The number of hydrogen-bond acceptors (Lipinski definition) is 4. The largest absolute Gasteiger partial charge is 0.465 e. The molecule has 0 aliphatic rings. The van der Waals surface area contributed by atoms with Crippen molar-refractivity contribution in [2.24, 2.45) is 0 Å². The second kappa shape index (κ2) is 12.1. The number of carbonyl (C=O) groups is 1. The van der Waals surface area contributed by atoms with E-state index in [0.717, 1.165) is 24.0 Å². The summed E-state index contributed by atoms with van der Waals surface area (Å²) in [6, 6.07) is 19.5. The Balaban J connectivity index is 2.23. The number of hydrogen-bond donors (Lipinski definition) is 2. The van der Waals surface area contributed by atoms with Gasteiger partial charge in [0.2, 0.25) is 0 Å². The van der Waals surface area contributed by atoms with Crippen LogP contribution in [0, 0.1) is 0 Å². The zero-order chi connectivity index (χ0) is 20.2. The number of unbranched alkanes of at least 4 members (excludes halogenated alkanes) is 1. The fraction of sp³-hybridized carbons (Fsp3) is 0.375. The SMILES string of the molecule is CCCCOC(=O)[C@H](C/C=C/[C@H](C)O)NC(c1ccccc1)c1ccccc1. The minimum atomic E-state index is -0.546. The van der Waals surface area contributed by atoms with Gasteiger partial charge in [0.25, 0.3) is 0 Å². The molecular formula is C24H31NO3. The number of aliphatic hydroxyl groups is 1. The first-order valence-electron chi connectivity index (χ1n) is 9.99. The van der Waals surface area contributed by atoms with Crippen molar-refractivity contribution in [3.05, 3.63) is 83.9 Å². The van der Waals surface area contributed by atoms with Crippen LogP contribution in [0.2, 0.25) is 0 Å². The Morgan fingerprint density at radius 2 is 1.64 bits per heavy atom. The quantitative estimate of drug-likeness (QED) is 0.344. The first kappa shape index (κ1) is 21.9. The fourth-order valence-electron chi connectivity index (χ4n) is 2.94. The standard InChI is InChI=1S/C24H31NO3/c1-3-4-18-28-24(27)22(17-11-12-19(2)26)25-23(20-13-7-5-8-14-20)21-15-9-6-10-16-21/h5-16,19,22-23,25-26H,3-4,17-18H2,1-2H3/b12-11+/t19-,22-/m0/s1. The smallest absolute Gasteiger partial charge is 0.323 e. The molecule has 0 aromatic heterocycles. The van der Waals surface area contributed by atoms with Crippen molar-refractivity contribution in [3.63, 3.8) is 0 Å². The van der Waals surface area contributed by atoms with Gasteiger partial charge in [-0.3, -0.25) is 10.1 Å². The van der Waals surface area contributed by atoms with E-state index in [-0.39, 0.29) is 12.0 Å². The molecule has 4 nitrogen and oxygen atoms in total. The third-order valence-corrected chi connectivity index (χ3v) is 4.45. The molecule has 0 heterocycles. The zero-order valence-corrected chi connectivity index (χ0v) is 16.8. The van der Waals surface area contributed by atoms with E-state index < -0.39 is 12.1 Å². The van der Waals surface area contributed by atoms with E-state index in [4.69, 9.17) is 4.74 Å². The maximum atomic E-state index is 12.7. The predicted molar refractivity (Wildman–Crippen MR) is 113 cm³/mol. The summed E-state index contributed by atoms with van der Waals surface area (Å²) in [7, 11) is 0. The van der Waals surface area contributed by atoms with E-state index in [1.807, 2.05) is 42.5 Å². The number of aliphatic hydroxyl groups excluding tert-OH is 1. The molecule has 4 heteroatoms. The highest BCUT2D eigenvalue weighted by atomic mass is 16.5. The second-order valence-electron chi connectivity index (χ2n) is 6.90. The van der Waals surface area contributed by atoms with Crippen LogP contribution in [0.1, 0.15) is 50.3 Å². The van der Waals surface area contributed by atoms with Gasteiger partial charge in [-0.15, -0.1) is 0 Å². The summed E-state index contributed by atoms with van der Waals surface area (Å²) in [5, 5.41) is 13.0. The van der Waals surface area contributed by atoms with Crippen LogP contribution in [0.15, 0.2) is 72.8 Å². The molecule has 0 radical (unpaired) electrons. The van der Waals surface area contributed by atoms with Crippen LogP contribution in [0.4, 0.5) is 0 Å². The van der Waals surface area contributed by atoms with Gasteiger partial charge >= 0.3 is 5.97 Å². The van der Waals surface area contributed by atoms with Crippen LogP contribution < -0.4 is 5.32 Å². The molecule has 0 aliphatic heterocycles. The fourth-order valence-corrected chi connectivity index (χ4v) is 2.94. The van der Waals surface area contributed by atoms with Crippen LogP contribution >= 0.6 is 0 Å². The van der Waals surface area contributed by atoms with E-state index in [1.54, 1.807) is 13.0 Å². The summed E-state index contributed by atoms with van der Waals surface area (Å²) >= 11 is 0. The van der Waals surface area contributed by atoms with Gasteiger partial charge < -0.3 is 9.84 Å². The molecule has 0 unspecified atom stereocenters. The highest BCUT2D eigenvalue weighted by Crippen LogP contribution is 2.23. The van der Waals surface area contributed by atoms with Gasteiger partial charge in [-0.1, -0.05) is 86.2 Å². The van der Waals surface area contributed by atoms with E-state index in [9.17, 15) is 9.90 Å². The van der Waals surface area contributed by atoms with Crippen molar-refractivity contribution < 1.29 is 14.6 Å². The molecule has 0 saturated carbocycles. The maximum Gasteiger partial charge on any atom is 0.323 e. The summed E-state index contributed by atoms with van der Waals surface area (Å²) in [4.78, 5) is 12.7. The predicted octanol–water partition coefficient (Wildman–Crippen LogP) is 4.40. The number of ether oxygens (including phenoxy) is 1. The van der Waals surface area contributed by atoms with Gasteiger partial charge in [-0.2, -0.15) is 0 Å². The number of esters is 1. The highest BCUT2D eigenvalue weighted by Gasteiger charge is 2.24. The van der Waals surface area contributed by atoms with Gasteiger partial charge in [-0.25, -0.2) is 0 Å². The van der Waals surface area contributed by atoms with Gasteiger partial charge in [-0.05, 0) is 30.9 Å². The van der Waals surface area contributed by atoms with Crippen LogP contribution in [0.25, 0.3) is 0 Å². The van der Waals surface area contributed by atoms with Crippen LogP contribution in [0.5, 0.6) is 0 Å². The molecule has 2 N–H and O–H groups in total. The molecule has 2 rings (SSSR count). The summed E-state index contributed by atoms with van der Waals surface area (Å²) in [5.41, 5.74) is 2.17. The Bertz CT molecular complexity index is 674. The molecule has 0 bridgehead atoms. The number of carbonyl (C=O) groups excluding carboxylic acids is 1. The summed E-state index contributed by atoms with van der Waals surface area (Å²) in [6.07, 6.45) is 5.25. The number of rotatable bonds is 11. The van der Waals surface area contributed by atoms with Gasteiger partial charge in [0.1, 0.15) is 6.04 Å². The number of benzene rings is 2. The number of nitrogens with one attached hydrogen (secondary N) is 1. The summed E-state index contributed by atoms with van der Waals surface area (Å²) in [6.45, 7) is 4.18. The van der Waals surface area contributed by atoms with E-state index in [0.29, 0.717) is 13.0 Å². The van der Waals surface area contributed by atoms with Gasteiger partial charge in [0.05, 0.1) is 18.8 Å². The van der Waals surface area contributed by atoms with Crippen molar-refractivity contribution in [1.29, 1.82) is 0 Å². The molecule has 150 valence electrons. The van der Waals surface area contributed by atoms with Crippen molar-refractivity contribution in [2.75, 3.05) is 6.61 Å². The van der Waals surface area contributed by atoms with Crippen LogP contribution in [-0.4, -0.2) is 29.8 Å². The summed E-state index contributed by atoms with van der Waals surface area (Å²) < 4.78 is 5.48. The monoisotopic (exact) mass is 381 g/mol. The first-order valence-corrected chi connectivity index (χ1v) is 9.99. The third-order valence-electron chi connectivity index (χ3n) is 4.45. The Hall–Kier alpha value is -2.43. The van der Waals surface area contributed by atoms with E-state index in [2.05, 4.69) is 36.5 Å². The Kier molecular flexibility index (Phi) is 9.46. The molecule has 0 aliphatic carbocycles. The van der Waals surface area contributed by atoms with Gasteiger partial charge in [0, 0.05) is 0 Å². The van der Waals surface area contributed by atoms with Crippen molar-refractivity contribution in [1.82, 2.24) is 5.32 Å². The Labute approximate surface area is 168 Å². The lowest BCUT2D eigenvalue weighted by Gasteiger charge is -2.25. The summed E-state index contributed by atoms with van der Waals surface area (Å²) in [5.74, 6) is -0.263. The minimum absolute atomic E-state index is 0.133. The lowest BCUT2D eigenvalue weighted by molar-refractivity contribution is -0.146. The minimum Gasteiger partial charge on any atom is -0.465 e. The second-order valence-corrected chi connectivity index (χ2v) is 6.90. The third kappa shape index (κ3) is 7.29. The molecule has 2 atom stereocenters. The molecule has 0 fully saturated rings. The average molecular weight is 382 g/mol. The highest BCUT2D eigenvalue weighted by molar-refractivity contribution is 5.76. The first-order chi connectivity index (χ1) is 13.6. The Morgan fingerprint density at radius 3 is 2.14 bits per heavy atom. The molecule has 2 aromatic rings. The normalized spacial score (nSPS) is 13.6. The van der Waals surface area contributed by atoms with Crippen molar-refractivity contribution in [3.8, 4) is 0 Å². The maximum absolute atomic E-state index is 12.7. The average Bonchev–Trinajstić information content (AvgIpc) is 2.71. The van der Waals surface area contributed by atoms with Crippen LogP contribution in [-0.2, 0) is 9.53 Å². The van der Waals surface area contributed by atoms with Crippen molar-refractivity contribution in [2.45, 2.75) is 51.3 Å². The molecular weight excluding hydrogens is 350 g/mol. The molecule has 0 saturated heterocycles. The molecule has 28 heavy (non-hydrogen) atoms. The lowest BCUT2D eigenvalue weighted by Crippen LogP contribution is -2.40.